The number of sulfonamides is 1. The Hall–Kier alpha value is -2.88. The summed E-state index contributed by atoms with van der Waals surface area (Å²) in [6.45, 7) is 0. The molecule has 0 atom stereocenters. The average molecular weight is 377 g/mol. The maximum Gasteiger partial charge on any atom is 0.267 e. The number of anilines is 1. The van der Waals surface area contributed by atoms with Crippen LogP contribution in [0.4, 0.5) is 14.5 Å². The van der Waals surface area contributed by atoms with Crippen LogP contribution in [-0.4, -0.2) is 28.6 Å². The minimum atomic E-state index is -4.43. The molecule has 2 aromatic carbocycles. The van der Waals surface area contributed by atoms with Crippen LogP contribution in [0.5, 0.6) is 0 Å². The fourth-order valence-corrected chi connectivity index (χ4v) is 3.80. The molecule has 7 nitrogen and oxygen atoms in total. The van der Waals surface area contributed by atoms with Crippen LogP contribution in [0.1, 0.15) is 18.9 Å². The van der Waals surface area contributed by atoms with Gasteiger partial charge in [-0.3, -0.25) is 4.72 Å². The van der Waals surface area contributed by atoms with Crippen LogP contribution in [0.2, 0.25) is 0 Å². The molecule has 1 aromatic heterocycles. The first-order chi connectivity index (χ1) is 12.5. The lowest BCUT2D eigenvalue weighted by Crippen LogP contribution is -2.16. The van der Waals surface area contributed by atoms with Gasteiger partial charge in [0.1, 0.15) is 11.6 Å². The van der Waals surface area contributed by atoms with E-state index in [-0.39, 0.29) is 11.7 Å². The van der Waals surface area contributed by atoms with Crippen LogP contribution in [0.25, 0.3) is 11.4 Å². The zero-order valence-electron chi connectivity index (χ0n) is 13.3. The molecule has 0 aliphatic heterocycles. The first-order valence-corrected chi connectivity index (χ1v) is 9.29. The molecule has 26 heavy (non-hydrogen) atoms. The Morgan fingerprint density at radius 1 is 1.08 bits per heavy atom. The van der Waals surface area contributed by atoms with E-state index in [4.69, 9.17) is 0 Å². The molecular formula is C16H13F2N5O2S. The van der Waals surface area contributed by atoms with Crippen molar-refractivity contribution in [1.29, 1.82) is 0 Å². The first-order valence-electron chi connectivity index (χ1n) is 7.81. The van der Waals surface area contributed by atoms with Crippen molar-refractivity contribution in [2.75, 3.05) is 4.72 Å². The van der Waals surface area contributed by atoms with E-state index in [9.17, 15) is 17.2 Å². The van der Waals surface area contributed by atoms with Crippen molar-refractivity contribution in [2.45, 2.75) is 23.8 Å². The molecule has 1 saturated carbocycles. The standard InChI is InChI=1S/C16H13F2N5O2S/c17-13-5-2-6-14(18)15(13)26(24,25)20-11-4-1-3-10(9-11)16-19-21-22-23(16)12-7-8-12/h1-6,9,12,20H,7-8H2. The second kappa shape index (κ2) is 6.13. The summed E-state index contributed by atoms with van der Waals surface area (Å²) < 4.78 is 56.3. The smallest absolute Gasteiger partial charge is 0.267 e. The van der Waals surface area contributed by atoms with Gasteiger partial charge >= 0.3 is 0 Å². The van der Waals surface area contributed by atoms with Crippen molar-refractivity contribution >= 4 is 15.7 Å². The van der Waals surface area contributed by atoms with E-state index in [0.717, 1.165) is 31.0 Å². The maximum absolute atomic E-state index is 13.8. The monoisotopic (exact) mass is 377 g/mol. The van der Waals surface area contributed by atoms with Crippen LogP contribution in [-0.2, 0) is 10.0 Å². The lowest BCUT2D eigenvalue weighted by Gasteiger charge is -2.11. The lowest BCUT2D eigenvalue weighted by molar-refractivity contribution is 0.521. The van der Waals surface area contributed by atoms with E-state index in [1.54, 1.807) is 16.8 Å². The molecule has 3 aromatic rings. The Kier molecular flexibility index (Phi) is 3.91. The fourth-order valence-electron chi connectivity index (χ4n) is 2.62. The van der Waals surface area contributed by atoms with Crippen molar-refractivity contribution in [1.82, 2.24) is 20.2 Å². The summed E-state index contributed by atoms with van der Waals surface area (Å²) in [6, 6.07) is 9.44. The molecule has 0 spiro atoms. The molecule has 10 heteroatoms. The first kappa shape index (κ1) is 16.6. The highest BCUT2D eigenvalue weighted by Gasteiger charge is 2.28. The zero-order valence-corrected chi connectivity index (χ0v) is 14.1. The third kappa shape index (κ3) is 3.03. The normalized spacial score (nSPS) is 14.4. The highest BCUT2D eigenvalue weighted by Crippen LogP contribution is 2.37. The number of benzene rings is 2. The van der Waals surface area contributed by atoms with Gasteiger partial charge in [-0.05, 0) is 47.5 Å². The Labute approximate surface area is 147 Å². The quantitative estimate of drug-likeness (QED) is 0.738. The van der Waals surface area contributed by atoms with E-state index in [1.165, 1.54) is 12.1 Å². The third-order valence-electron chi connectivity index (χ3n) is 3.95. The van der Waals surface area contributed by atoms with Crippen LogP contribution in [0.15, 0.2) is 47.4 Å². The van der Waals surface area contributed by atoms with E-state index >= 15 is 0 Å². The highest BCUT2D eigenvalue weighted by atomic mass is 32.2. The lowest BCUT2D eigenvalue weighted by atomic mass is 10.2. The number of halogens is 2. The van der Waals surface area contributed by atoms with Crippen LogP contribution in [0.3, 0.4) is 0 Å². The van der Waals surface area contributed by atoms with Crippen molar-refractivity contribution in [3.05, 3.63) is 54.1 Å². The maximum atomic E-state index is 13.8. The molecule has 0 saturated heterocycles. The predicted molar refractivity (Wildman–Crippen MR) is 88.7 cm³/mol. The van der Waals surface area contributed by atoms with Crippen molar-refractivity contribution in [3.63, 3.8) is 0 Å². The van der Waals surface area contributed by atoms with E-state index in [2.05, 4.69) is 20.2 Å². The Morgan fingerprint density at radius 2 is 1.77 bits per heavy atom. The average Bonchev–Trinajstić information content (AvgIpc) is 3.31. The van der Waals surface area contributed by atoms with Gasteiger partial charge in [-0.25, -0.2) is 21.9 Å². The number of nitrogens with zero attached hydrogens (tertiary/aromatic N) is 4. The molecule has 0 unspecified atom stereocenters. The van der Waals surface area contributed by atoms with Crippen molar-refractivity contribution < 1.29 is 17.2 Å². The summed E-state index contributed by atoms with van der Waals surface area (Å²) >= 11 is 0. The van der Waals surface area contributed by atoms with Gasteiger partial charge in [-0.2, -0.15) is 0 Å². The van der Waals surface area contributed by atoms with E-state index in [0.29, 0.717) is 11.4 Å². The summed E-state index contributed by atoms with van der Waals surface area (Å²) in [7, 11) is -4.43. The topological polar surface area (TPSA) is 89.8 Å². The Morgan fingerprint density at radius 3 is 2.46 bits per heavy atom. The summed E-state index contributed by atoms with van der Waals surface area (Å²) in [6.07, 6.45) is 1.97. The number of nitrogens with one attached hydrogen (secondary N) is 1. The SMILES string of the molecule is O=S(=O)(Nc1cccc(-c2nnnn2C2CC2)c1)c1c(F)cccc1F. The number of rotatable bonds is 5. The largest absolute Gasteiger partial charge is 0.279 e. The molecule has 0 bridgehead atoms. The van der Waals surface area contributed by atoms with Crippen LogP contribution >= 0.6 is 0 Å². The van der Waals surface area contributed by atoms with E-state index in [1.807, 2.05) is 0 Å². The molecule has 1 aliphatic rings. The van der Waals surface area contributed by atoms with Crippen LogP contribution in [0, 0.1) is 11.6 Å². The third-order valence-corrected chi connectivity index (χ3v) is 5.38. The fraction of sp³-hybridized carbons (Fsp3) is 0.188. The second-order valence-corrected chi connectivity index (χ2v) is 7.53. The number of tetrazole rings is 1. The molecule has 1 aliphatic carbocycles. The number of aromatic nitrogens is 4. The minimum absolute atomic E-state index is 0.149. The molecule has 0 amide bonds. The molecule has 1 fully saturated rings. The minimum Gasteiger partial charge on any atom is -0.279 e. The zero-order chi connectivity index (χ0) is 18.3. The van der Waals surface area contributed by atoms with Gasteiger partial charge in [0.15, 0.2) is 10.7 Å². The summed E-state index contributed by atoms with van der Waals surface area (Å²) in [5, 5.41) is 11.6. The highest BCUT2D eigenvalue weighted by molar-refractivity contribution is 7.92. The van der Waals surface area contributed by atoms with Crippen molar-refractivity contribution in [2.24, 2.45) is 0 Å². The Balaban J connectivity index is 1.68. The van der Waals surface area contributed by atoms with Gasteiger partial charge in [0.2, 0.25) is 0 Å². The van der Waals surface area contributed by atoms with Gasteiger partial charge in [-0.1, -0.05) is 18.2 Å². The van der Waals surface area contributed by atoms with Crippen LogP contribution < -0.4 is 4.72 Å². The van der Waals surface area contributed by atoms with Gasteiger partial charge in [0, 0.05) is 11.3 Å². The molecule has 1 N–H and O–H groups in total. The molecular weight excluding hydrogens is 364 g/mol. The second-order valence-electron chi connectivity index (χ2n) is 5.92. The summed E-state index contributed by atoms with van der Waals surface area (Å²) in [5.41, 5.74) is 0.742. The number of hydrogen-bond donors (Lipinski definition) is 1. The predicted octanol–water partition coefficient (Wildman–Crippen LogP) is 2.75. The molecule has 134 valence electrons. The molecule has 1 heterocycles. The van der Waals surface area contributed by atoms with Gasteiger partial charge in [0.25, 0.3) is 10.0 Å². The summed E-state index contributed by atoms with van der Waals surface area (Å²) in [5.74, 6) is -1.82. The van der Waals surface area contributed by atoms with E-state index < -0.39 is 26.6 Å². The van der Waals surface area contributed by atoms with Gasteiger partial charge in [-0.15, -0.1) is 5.10 Å². The molecule has 0 radical (unpaired) electrons. The molecule has 4 rings (SSSR count). The Bertz CT molecular complexity index is 1060. The van der Waals surface area contributed by atoms with Gasteiger partial charge < -0.3 is 0 Å². The van der Waals surface area contributed by atoms with Gasteiger partial charge in [0.05, 0.1) is 6.04 Å². The summed E-state index contributed by atoms with van der Waals surface area (Å²) in [4.78, 5) is -1.02. The van der Waals surface area contributed by atoms with Crippen molar-refractivity contribution in [3.8, 4) is 11.4 Å². The number of hydrogen-bond acceptors (Lipinski definition) is 5.